The first-order chi connectivity index (χ1) is 13.0. The molecule has 0 radical (unpaired) electrons. The molecular weight excluding hydrogens is 472 g/mol. The molecule has 0 amide bonds. The van der Waals surface area contributed by atoms with Crippen LogP contribution in [0.15, 0.2) is 33.2 Å². The van der Waals surface area contributed by atoms with E-state index in [0.717, 1.165) is 12.8 Å². The number of carboxylic acid groups (broad SMARTS) is 1. The number of aryl methyl sites for hydroxylation is 1. The lowest BCUT2D eigenvalue weighted by Crippen LogP contribution is -2.05. The van der Waals surface area contributed by atoms with Crippen LogP contribution in [-0.4, -0.2) is 16.9 Å². The van der Waals surface area contributed by atoms with Crippen LogP contribution in [0.2, 0.25) is 0 Å². The first kappa shape index (κ1) is 24.1. The molecule has 1 aromatic rings. The Morgan fingerprint density at radius 2 is 1.26 bits per heavy atom. The highest BCUT2D eigenvalue weighted by molar-refractivity contribution is 9.14. The van der Waals surface area contributed by atoms with Crippen molar-refractivity contribution in [2.24, 2.45) is 0 Å². The van der Waals surface area contributed by atoms with E-state index in [1.807, 2.05) is 12.1 Å². The maximum absolute atomic E-state index is 12.2. The van der Waals surface area contributed by atoms with Crippen LogP contribution in [0.4, 0.5) is 0 Å². The highest BCUT2D eigenvalue weighted by atomic mass is 79.9. The van der Waals surface area contributed by atoms with Crippen LogP contribution in [-0.2, 0) is 11.2 Å². The number of allylic oxidation sites excluding steroid dienone is 1. The fraction of sp³-hybridized carbons (Fsp3) is 0.545. The molecule has 0 bridgehead atoms. The zero-order chi connectivity index (χ0) is 20.1. The number of carbonyl (C=O) groups is 2. The molecule has 3 nitrogen and oxygen atoms in total. The molecule has 0 aliphatic heterocycles. The summed E-state index contributed by atoms with van der Waals surface area (Å²) in [6, 6.07) is 7.43. The normalized spacial score (nSPS) is 12.0. The summed E-state index contributed by atoms with van der Waals surface area (Å²) in [6.07, 6.45) is 14.2. The average Bonchev–Trinajstić information content (AvgIpc) is 2.68. The third-order valence-corrected chi connectivity index (χ3v) is 6.64. The molecule has 27 heavy (non-hydrogen) atoms. The smallest absolute Gasteiger partial charge is 0.344 e. The molecule has 0 aromatic heterocycles. The van der Waals surface area contributed by atoms with Crippen LogP contribution >= 0.6 is 31.9 Å². The predicted octanol–water partition coefficient (Wildman–Crippen LogP) is 7.42. The zero-order valence-electron chi connectivity index (χ0n) is 16.1. The maximum atomic E-state index is 12.2. The van der Waals surface area contributed by atoms with Gasteiger partial charge in [-0.25, -0.2) is 4.79 Å². The Hall–Kier alpha value is -0.940. The fourth-order valence-corrected chi connectivity index (χ4v) is 3.54. The molecule has 0 heterocycles. The van der Waals surface area contributed by atoms with Gasteiger partial charge in [0.2, 0.25) is 5.78 Å². The minimum absolute atomic E-state index is 0.0254. The molecule has 0 aliphatic rings. The minimum Gasteiger partial charge on any atom is -0.477 e. The number of benzene rings is 1. The highest BCUT2D eigenvalue weighted by Crippen LogP contribution is 2.23. The third-order valence-electron chi connectivity index (χ3n) is 4.61. The lowest BCUT2D eigenvalue weighted by atomic mass is 10.0. The van der Waals surface area contributed by atoms with Crippen molar-refractivity contribution in [3.8, 4) is 0 Å². The van der Waals surface area contributed by atoms with Crippen molar-refractivity contribution in [1.82, 2.24) is 0 Å². The van der Waals surface area contributed by atoms with Gasteiger partial charge in [0.05, 0.1) is 4.48 Å². The van der Waals surface area contributed by atoms with Crippen LogP contribution in [0.5, 0.6) is 0 Å². The predicted molar refractivity (Wildman–Crippen MR) is 119 cm³/mol. The Kier molecular flexibility index (Phi) is 12.6. The van der Waals surface area contributed by atoms with E-state index in [0.29, 0.717) is 5.56 Å². The van der Waals surface area contributed by atoms with E-state index in [1.165, 1.54) is 63.4 Å². The lowest BCUT2D eigenvalue weighted by molar-refractivity contribution is -0.131. The molecule has 1 N–H and O–H groups in total. The van der Waals surface area contributed by atoms with Gasteiger partial charge in [0.1, 0.15) is 4.48 Å². The standard InChI is InChI=1S/C22H30Br2O3/c1-2-3-4-5-6-7-8-9-10-11-12-17-13-15-18(16-14-17)21(25)19(23)20(24)22(26)27/h13-16H,2-12H2,1H3,(H,26,27)/b20-19-. The van der Waals surface area contributed by atoms with Crippen molar-refractivity contribution in [3.05, 3.63) is 44.4 Å². The van der Waals surface area contributed by atoms with Crippen molar-refractivity contribution >= 4 is 43.6 Å². The topological polar surface area (TPSA) is 54.4 Å². The molecule has 5 heteroatoms. The monoisotopic (exact) mass is 500 g/mol. The maximum Gasteiger partial charge on any atom is 0.344 e. The number of hydrogen-bond donors (Lipinski definition) is 1. The fourth-order valence-electron chi connectivity index (χ4n) is 2.96. The molecular formula is C22H30Br2O3. The van der Waals surface area contributed by atoms with Gasteiger partial charge in [0.25, 0.3) is 0 Å². The van der Waals surface area contributed by atoms with Crippen LogP contribution in [0.1, 0.15) is 87.1 Å². The largest absolute Gasteiger partial charge is 0.477 e. The number of carbonyl (C=O) groups excluding carboxylic acids is 1. The van der Waals surface area contributed by atoms with Crippen molar-refractivity contribution < 1.29 is 14.7 Å². The van der Waals surface area contributed by atoms with Gasteiger partial charge in [-0.05, 0) is 50.3 Å². The molecule has 0 fully saturated rings. The first-order valence-electron chi connectivity index (χ1n) is 9.89. The van der Waals surface area contributed by atoms with E-state index in [4.69, 9.17) is 5.11 Å². The molecule has 150 valence electrons. The van der Waals surface area contributed by atoms with Gasteiger partial charge in [-0.3, -0.25) is 4.79 Å². The summed E-state index contributed by atoms with van der Waals surface area (Å²) >= 11 is 5.96. The van der Waals surface area contributed by atoms with E-state index < -0.39 is 5.97 Å². The van der Waals surface area contributed by atoms with E-state index in [1.54, 1.807) is 12.1 Å². The van der Waals surface area contributed by atoms with E-state index >= 15 is 0 Å². The summed E-state index contributed by atoms with van der Waals surface area (Å²) in [7, 11) is 0. The molecule has 0 spiro atoms. The Labute approximate surface area is 179 Å². The molecule has 0 saturated carbocycles. The Morgan fingerprint density at radius 1 is 0.778 bits per heavy atom. The second-order valence-corrected chi connectivity index (χ2v) is 8.48. The second kappa shape index (κ2) is 14.1. The van der Waals surface area contributed by atoms with Crippen molar-refractivity contribution in [3.63, 3.8) is 0 Å². The molecule has 0 saturated heterocycles. The van der Waals surface area contributed by atoms with Gasteiger partial charge in [-0.15, -0.1) is 0 Å². The van der Waals surface area contributed by atoms with Gasteiger partial charge < -0.3 is 5.11 Å². The van der Waals surface area contributed by atoms with E-state index in [9.17, 15) is 9.59 Å². The molecule has 1 rings (SSSR count). The van der Waals surface area contributed by atoms with Gasteiger partial charge in [-0.1, -0.05) is 89.0 Å². The van der Waals surface area contributed by atoms with Crippen LogP contribution in [0.25, 0.3) is 0 Å². The van der Waals surface area contributed by atoms with Gasteiger partial charge >= 0.3 is 5.97 Å². The van der Waals surface area contributed by atoms with Crippen molar-refractivity contribution in [1.29, 1.82) is 0 Å². The SMILES string of the molecule is CCCCCCCCCCCCc1ccc(C(=O)/C(Br)=C(/Br)C(=O)O)cc1. The average molecular weight is 502 g/mol. The molecule has 0 unspecified atom stereocenters. The number of unbranched alkanes of at least 4 members (excludes halogenated alkanes) is 9. The van der Waals surface area contributed by atoms with Crippen LogP contribution in [0, 0.1) is 0 Å². The Bertz CT molecular complexity index is 621. The number of halogens is 2. The number of rotatable bonds is 14. The zero-order valence-corrected chi connectivity index (χ0v) is 19.3. The summed E-state index contributed by atoms with van der Waals surface area (Å²) in [4.78, 5) is 23.2. The van der Waals surface area contributed by atoms with E-state index in [-0.39, 0.29) is 14.7 Å². The summed E-state index contributed by atoms with van der Waals surface area (Å²) in [5.74, 6) is -1.51. The number of aliphatic carboxylic acids is 1. The van der Waals surface area contributed by atoms with Gasteiger partial charge in [-0.2, -0.15) is 0 Å². The summed E-state index contributed by atoms with van der Waals surface area (Å²) in [5, 5.41) is 8.93. The highest BCUT2D eigenvalue weighted by Gasteiger charge is 2.17. The summed E-state index contributed by atoms with van der Waals surface area (Å²) in [6.45, 7) is 2.25. The van der Waals surface area contributed by atoms with Crippen LogP contribution < -0.4 is 0 Å². The lowest BCUT2D eigenvalue weighted by Gasteiger charge is -2.05. The van der Waals surface area contributed by atoms with Crippen LogP contribution in [0.3, 0.4) is 0 Å². The van der Waals surface area contributed by atoms with Gasteiger partial charge in [0.15, 0.2) is 0 Å². The number of hydrogen-bond acceptors (Lipinski definition) is 2. The van der Waals surface area contributed by atoms with Gasteiger partial charge in [0, 0.05) is 5.56 Å². The number of ketones is 1. The number of Topliss-reactive ketones (excluding diaryl/α,β-unsaturated/α-hetero) is 1. The Balaban J connectivity index is 2.28. The molecule has 0 aliphatic carbocycles. The Morgan fingerprint density at radius 3 is 1.74 bits per heavy atom. The molecule has 1 aromatic carbocycles. The quantitative estimate of drug-likeness (QED) is 0.164. The summed E-state index contributed by atoms with van der Waals surface area (Å²) in [5.41, 5.74) is 1.69. The third kappa shape index (κ3) is 9.70. The summed E-state index contributed by atoms with van der Waals surface area (Å²) < 4.78 is -0.139. The first-order valence-corrected chi connectivity index (χ1v) is 11.5. The van der Waals surface area contributed by atoms with Crippen molar-refractivity contribution in [2.75, 3.05) is 0 Å². The molecule has 0 atom stereocenters. The second-order valence-electron chi connectivity index (χ2n) is 6.89. The van der Waals surface area contributed by atoms with Crippen molar-refractivity contribution in [2.45, 2.75) is 77.6 Å². The number of carboxylic acids is 1. The minimum atomic E-state index is -1.17. The van der Waals surface area contributed by atoms with E-state index in [2.05, 4.69) is 38.8 Å².